The molecule has 0 atom stereocenters. The van der Waals surface area contributed by atoms with Crippen LogP contribution in [-0.4, -0.2) is 32.1 Å². The molecule has 7 nitrogen and oxygen atoms in total. The van der Waals surface area contributed by atoms with Crippen LogP contribution in [0.1, 0.15) is 59.5 Å². The normalized spacial score (nSPS) is 14.4. The predicted molar refractivity (Wildman–Crippen MR) is 119 cm³/mol. The molecule has 1 aliphatic carbocycles. The number of nitrogens with zero attached hydrogens (tertiary/aromatic N) is 3. The molecule has 1 N–H and O–H groups in total. The average molecular weight is 447 g/mol. The maximum atomic E-state index is 12.3. The lowest BCUT2D eigenvalue weighted by Gasteiger charge is -2.23. The van der Waals surface area contributed by atoms with Crippen molar-refractivity contribution in [3.63, 3.8) is 0 Å². The standard InChI is InChI=1S/C21H26N4O3S2/c1-15-19(20(26)24-30(2,27)28)23-21(29-15)25(13-5-8-16-6-3-4-7-16)18-11-9-17(14-22)10-12-18/h9-12,16H,3-8,13H2,1-2H3,(H,24,26). The van der Waals surface area contributed by atoms with Crippen LogP contribution >= 0.6 is 11.3 Å². The Morgan fingerprint density at radius 2 is 1.97 bits per heavy atom. The van der Waals surface area contributed by atoms with Crippen LogP contribution in [0.2, 0.25) is 0 Å². The van der Waals surface area contributed by atoms with E-state index in [-0.39, 0.29) is 5.69 Å². The Labute approximate surface area is 181 Å². The van der Waals surface area contributed by atoms with Gasteiger partial charge in [-0.05, 0) is 49.9 Å². The van der Waals surface area contributed by atoms with Crippen molar-refractivity contribution in [2.24, 2.45) is 5.92 Å². The van der Waals surface area contributed by atoms with Crippen LogP contribution in [0, 0.1) is 24.2 Å². The van der Waals surface area contributed by atoms with Gasteiger partial charge in [-0.15, -0.1) is 11.3 Å². The zero-order chi connectivity index (χ0) is 21.7. The summed E-state index contributed by atoms with van der Waals surface area (Å²) >= 11 is 1.36. The van der Waals surface area contributed by atoms with E-state index in [9.17, 15) is 13.2 Å². The van der Waals surface area contributed by atoms with Crippen molar-refractivity contribution in [3.8, 4) is 6.07 Å². The van der Waals surface area contributed by atoms with Gasteiger partial charge in [-0.3, -0.25) is 4.79 Å². The highest BCUT2D eigenvalue weighted by Gasteiger charge is 2.22. The van der Waals surface area contributed by atoms with Gasteiger partial charge in [-0.1, -0.05) is 25.7 Å². The molecule has 0 bridgehead atoms. The van der Waals surface area contributed by atoms with Crippen molar-refractivity contribution in [1.29, 1.82) is 5.26 Å². The minimum Gasteiger partial charge on any atom is -0.318 e. The van der Waals surface area contributed by atoms with E-state index in [4.69, 9.17) is 5.26 Å². The van der Waals surface area contributed by atoms with Gasteiger partial charge in [0.1, 0.15) is 5.69 Å². The maximum absolute atomic E-state index is 12.3. The zero-order valence-corrected chi connectivity index (χ0v) is 18.9. The molecule has 0 radical (unpaired) electrons. The fraction of sp³-hybridized carbons (Fsp3) is 0.476. The number of thiazole rings is 1. The fourth-order valence-electron chi connectivity index (χ4n) is 3.81. The molecule has 0 aliphatic heterocycles. The molecule has 3 rings (SSSR count). The summed E-state index contributed by atoms with van der Waals surface area (Å²) in [6.45, 7) is 2.50. The molecule has 1 saturated carbocycles. The molecule has 1 aliphatic rings. The summed E-state index contributed by atoms with van der Waals surface area (Å²) < 4.78 is 24.8. The molecule has 2 aromatic rings. The van der Waals surface area contributed by atoms with Crippen LogP contribution in [-0.2, 0) is 10.0 Å². The van der Waals surface area contributed by atoms with Gasteiger partial charge >= 0.3 is 0 Å². The summed E-state index contributed by atoms with van der Waals surface area (Å²) in [7, 11) is -3.66. The first kappa shape index (κ1) is 22.2. The quantitative estimate of drug-likeness (QED) is 0.654. The van der Waals surface area contributed by atoms with Crippen LogP contribution in [0.3, 0.4) is 0 Å². The monoisotopic (exact) mass is 446 g/mol. The second-order valence-electron chi connectivity index (χ2n) is 7.71. The van der Waals surface area contributed by atoms with Crippen molar-refractivity contribution in [2.45, 2.75) is 45.4 Å². The Hall–Kier alpha value is -2.44. The number of hydrogen-bond donors (Lipinski definition) is 1. The third-order valence-electron chi connectivity index (χ3n) is 5.29. The van der Waals surface area contributed by atoms with Crippen molar-refractivity contribution in [1.82, 2.24) is 9.71 Å². The first-order chi connectivity index (χ1) is 14.3. The summed E-state index contributed by atoms with van der Waals surface area (Å²) in [6, 6.07) is 9.40. The minimum atomic E-state index is -3.66. The Balaban J connectivity index is 1.84. The molecule has 1 aromatic carbocycles. The lowest BCUT2D eigenvalue weighted by Crippen LogP contribution is -2.30. The maximum Gasteiger partial charge on any atom is 0.284 e. The summed E-state index contributed by atoms with van der Waals surface area (Å²) in [5.74, 6) is 0.0604. The molecular formula is C21H26N4O3S2. The first-order valence-electron chi connectivity index (χ1n) is 10.0. The van der Waals surface area contributed by atoms with Gasteiger partial charge in [-0.25, -0.2) is 18.1 Å². The third kappa shape index (κ3) is 5.80. The topological polar surface area (TPSA) is 103 Å². The highest BCUT2D eigenvalue weighted by atomic mass is 32.2. The Morgan fingerprint density at radius 3 is 2.57 bits per heavy atom. The van der Waals surface area contributed by atoms with E-state index in [2.05, 4.69) is 11.1 Å². The second kappa shape index (κ2) is 9.58. The first-order valence-corrected chi connectivity index (χ1v) is 12.7. The van der Waals surface area contributed by atoms with E-state index in [1.807, 2.05) is 21.8 Å². The molecule has 0 spiro atoms. The average Bonchev–Trinajstić information content (AvgIpc) is 3.34. The van der Waals surface area contributed by atoms with Gasteiger partial charge < -0.3 is 4.90 Å². The number of anilines is 2. The fourth-order valence-corrected chi connectivity index (χ4v) is 5.20. The van der Waals surface area contributed by atoms with Crippen LogP contribution in [0.4, 0.5) is 10.8 Å². The number of amides is 1. The number of hydrogen-bond acceptors (Lipinski definition) is 7. The summed E-state index contributed by atoms with van der Waals surface area (Å²) in [4.78, 5) is 19.5. The van der Waals surface area contributed by atoms with Gasteiger partial charge in [0.15, 0.2) is 5.13 Å². The van der Waals surface area contributed by atoms with Crippen LogP contribution in [0.5, 0.6) is 0 Å². The number of nitrogens with one attached hydrogen (secondary N) is 1. The van der Waals surface area contributed by atoms with Crippen molar-refractivity contribution < 1.29 is 13.2 Å². The Kier molecular flexibility index (Phi) is 7.10. The van der Waals surface area contributed by atoms with Gasteiger partial charge in [-0.2, -0.15) is 5.26 Å². The molecule has 1 heterocycles. The molecule has 30 heavy (non-hydrogen) atoms. The largest absolute Gasteiger partial charge is 0.318 e. The van der Waals surface area contributed by atoms with Gasteiger partial charge in [0.25, 0.3) is 5.91 Å². The van der Waals surface area contributed by atoms with Gasteiger partial charge in [0.2, 0.25) is 10.0 Å². The number of carbonyl (C=O) groups is 1. The van der Waals surface area contributed by atoms with Crippen LogP contribution in [0.15, 0.2) is 24.3 Å². The van der Waals surface area contributed by atoms with E-state index in [0.29, 0.717) is 15.6 Å². The van der Waals surface area contributed by atoms with Crippen molar-refractivity contribution in [3.05, 3.63) is 40.4 Å². The third-order valence-corrected chi connectivity index (χ3v) is 6.84. The molecule has 1 amide bonds. The SMILES string of the molecule is Cc1sc(N(CCCC2CCCC2)c2ccc(C#N)cc2)nc1C(=O)NS(C)(=O)=O. The molecular weight excluding hydrogens is 420 g/mol. The van der Waals surface area contributed by atoms with Gasteiger partial charge in [0.05, 0.1) is 17.9 Å². The molecule has 1 aromatic heterocycles. The molecule has 0 unspecified atom stereocenters. The van der Waals surface area contributed by atoms with E-state index in [0.717, 1.165) is 37.2 Å². The van der Waals surface area contributed by atoms with Crippen molar-refractivity contribution in [2.75, 3.05) is 17.7 Å². The summed E-state index contributed by atoms with van der Waals surface area (Å²) in [5, 5.41) is 9.71. The highest BCUT2D eigenvalue weighted by molar-refractivity contribution is 7.89. The van der Waals surface area contributed by atoms with Crippen LogP contribution < -0.4 is 9.62 Å². The Bertz CT molecular complexity index is 1030. The van der Waals surface area contributed by atoms with E-state index < -0.39 is 15.9 Å². The number of sulfonamides is 1. The molecule has 1 fully saturated rings. The molecule has 0 saturated heterocycles. The minimum absolute atomic E-state index is 0.120. The number of benzene rings is 1. The zero-order valence-electron chi connectivity index (χ0n) is 17.2. The van der Waals surface area contributed by atoms with Gasteiger partial charge in [0, 0.05) is 17.1 Å². The number of aromatic nitrogens is 1. The smallest absolute Gasteiger partial charge is 0.284 e. The number of rotatable bonds is 8. The molecule has 9 heteroatoms. The Morgan fingerprint density at radius 1 is 1.30 bits per heavy atom. The predicted octanol–water partition coefficient (Wildman–Crippen LogP) is 4.12. The van der Waals surface area contributed by atoms with E-state index in [1.165, 1.54) is 37.0 Å². The highest BCUT2D eigenvalue weighted by Crippen LogP contribution is 2.34. The molecule has 160 valence electrons. The van der Waals surface area contributed by atoms with Crippen molar-refractivity contribution >= 4 is 38.1 Å². The lowest BCUT2D eigenvalue weighted by molar-refractivity contribution is 0.0977. The van der Waals surface area contributed by atoms with E-state index in [1.54, 1.807) is 19.1 Å². The summed E-state index contributed by atoms with van der Waals surface area (Å²) in [5.41, 5.74) is 1.59. The second-order valence-corrected chi connectivity index (χ2v) is 10.6. The number of carbonyl (C=O) groups excluding carboxylic acids is 1. The number of aryl methyl sites for hydroxylation is 1. The summed E-state index contributed by atoms with van der Waals surface area (Å²) in [6.07, 6.45) is 8.31. The van der Waals surface area contributed by atoms with E-state index >= 15 is 0 Å². The lowest BCUT2D eigenvalue weighted by atomic mass is 10.0. The van der Waals surface area contributed by atoms with Crippen LogP contribution in [0.25, 0.3) is 0 Å². The number of nitriles is 1.